The molecule has 37 heavy (non-hydrogen) atoms. The lowest BCUT2D eigenvalue weighted by Gasteiger charge is -2.22. The van der Waals surface area contributed by atoms with Crippen LogP contribution in [0.2, 0.25) is 0 Å². The number of alkyl halides is 3. The largest absolute Gasteiger partial charge is 0.404 e. The number of benzene rings is 3. The fourth-order valence-corrected chi connectivity index (χ4v) is 5.11. The highest BCUT2D eigenvalue weighted by atomic mass is 32.2. The van der Waals surface area contributed by atoms with E-state index in [2.05, 4.69) is 10.3 Å². The van der Waals surface area contributed by atoms with E-state index in [0.717, 1.165) is 5.56 Å². The second-order valence-electron chi connectivity index (χ2n) is 8.41. The number of para-hydroxylation sites is 1. The molecule has 1 unspecified atom stereocenters. The molecule has 0 saturated heterocycles. The monoisotopic (exact) mass is 527 g/mol. The number of carbonyl (C=O) groups excluding carboxylic acids is 1. The number of carbonyl (C=O) groups is 1. The first kappa shape index (κ1) is 26.2. The van der Waals surface area contributed by atoms with Crippen molar-refractivity contribution in [1.82, 2.24) is 10.3 Å². The van der Waals surface area contributed by atoms with Gasteiger partial charge in [0.1, 0.15) is 0 Å². The van der Waals surface area contributed by atoms with E-state index in [1.165, 1.54) is 0 Å². The normalized spacial score (nSPS) is 12.8. The zero-order valence-corrected chi connectivity index (χ0v) is 20.6. The van der Waals surface area contributed by atoms with Crippen LogP contribution in [0, 0.1) is 0 Å². The van der Waals surface area contributed by atoms with Gasteiger partial charge in [-0.1, -0.05) is 85.8 Å². The van der Waals surface area contributed by atoms with Crippen molar-refractivity contribution in [3.8, 4) is 11.3 Å². The molecule has 1 aromatic heterocycles. The average molecular weight is 528 g/mol. The van der Waals surface area contributed by atoms with E-state index in [-0.39, 0.29) is 16.9 Å². The number of anilines is 1. The van der Waals surface area contributed by atoms with E-state index in [9.17, 15) is 26.4 Å². The quantitative estimate of drug-likeness (QED) is 0.290. The maximum absolute atomic E-state index is 13.8. The molecule has 1 amide bonds. The van der Waals surface area contributed by atoms with Crippen molar-refractivity contribution in [1.29, 1.82) is 0 Å². The summed E-state index contributed by atoms with van der Waals surface area (Å²) in [4.78, 5) is 18.3. The Balaban J connectivity index is 1.93. The van der Waals surface area contributed by atoms with Crippen LogP contribution in [0.3, 0.4) is 0 Å². The Hall–Kier alpha value is -3.92. The Morgan fingerprint density at radius 3 is 2.14 bits per heavy atom. The van der Waals surface area contributed by atoms with Crippen LogP contribution in [0.25, 0.3) is 22.2 Å². The minimum atomic E-state index is -4.98. The van der Waals surface area contributed by atoms with E-state index < -0.39 is 33.9 Å². The third-order valence-corrected chi connectivity index (χ3v) is 6.92. The van der Waals surface area contributed by atoms with E-state index in [1.54, 1.807) is 54.6 Å². The van der Waals surface area contributed by atoms with Crippen LogP contribution in [-0.2, 0) is 10.0 Å². The van der Waals surface area contributed by atoms with Gasteiger partial charge in [0.15, 0.2) is 5.75 Å². The molecule has 0 radical (unpaired) electrons. The van der Waals surface area contributed by atoms with E-state index in [4.69, 9.17) is 0 Å². The fraction of sp³-hybridized carbons (Fsp3) is 0.185. The minimum Gasteiger partial charge on any atom is -0.345 e. The van der Waals surface area contributed by atoms with Crippen molar-refractivity contribution in [2.24, 2.45) is 0 Å². The first-order valence-corrected chi connectivity index (χ1v) is 13.1. The van der Waals surface area contributed by atoms with Gasteiger partial charge in [-0.15, -0.1) is 0 Å². The first-order valence-electron chi connectivity index (χ1n) is 11.5. The van der Waals surface area contributed by atoms with Gasteiger partial charge in [-0.3, -0.25) is 9.52 Å². The number of fused-ring (bicyclic) bond motifs is 1. The molecule has 4 aromatic rings. The van der Waals surface area contributed by atoms with Crippen LogP contribution < -0.4 is 10.0 Å². The molecule has 0 aliphatic carbocycles. The van der Waals surface area contributed by atoms with Crippen LogP contribution in [-0.4, -0.2) is 31.2 Å². The molecule has 192 valence electrons. The lowest BCUT2D eigenvalue weighted by Crippen LogP contribution is -2.32. The standard InChI is InChI=1S/C27H24F3N3O3S/c1-2-21(18-11-5-3-6-12-18)32-26(34)23-20-15-9-10-16-22(20)31-24(19-13-7-4-8-14-19)25(23)33-37(35,36)17-27(28,29)30/h3-16,21,33H,2,17H2,1H3,(H,32,34). The number of amides is 1. The van der Waals surface area contributed by atoms with Gasteiger partial charge in [0, 0.05) is 10.9 Å². The lowest BCUT2D eigenvalue weighted by atomic mass is 9.99. The second kappa shape index (κ2) is 10.6. The van der Waals surface area contributed by atoms with Gasteiger partial charge in [-0.05, 0) is 18.1 Å². The summed E-state index contributed by atoms with van der Waals surface area (Å²) in [6.07, 6.45) is -4.45. The van der Waals surface area contributed by atoms with Gasteiger partial charge in [0.05, 0.1) is 28.5 Å². The Morgan fingerprint density at radius 1 is 0.919 bits per heavy atom. The highest BCUT2D eigenvalue weighted by Gasteiger charge is 2.36. The summed E-state index contributed by atoms with van der Waals surface area (Å²) in [5, 5.41) is 3.22. The van der Waals surface area contributed by atoms with Crippen molar-refractivity contribution in [2.45, 2.75) is 25.6 Å². The van der Waals surface area contributed by atoms with Gasteiger partial charge < -0.3 is 5.32 Å². The Morgan fingerprint density at radius 2 is 1.51 bits per heavy atom. The highest BCUT2D eigenvalue weighted by molar-refractivity contribution is 7.92. The van der Waals surface area contributed by atoms with Crippen molar-refractivity contribution in [2.75, 3.05) is 10.5 Å². The van der Waals surface area contributed by atoms with Crippen molar-refractivity contribution in [3.05, 3.63) is 96.1 Å². The number of hydrogen-bond donors (Lipinski definition) is 2. The third kappa shape index (κ3) is 6.26. The minimum absolute atomic E-state index is 0.0444. The van der Waals surface area contributed by atoms with E-state index in [0.29, 0.717) is 22.9 Å². The van der Waals surface area contributed by atoms with E-state index >= 15 is 0 Å². The Kier molecular flexibility index (Phi) is 7.49. The Bertz CT molecular complexity index is 1510. The molecule has 0 aliphatic rings. The summed E-state index contributed by atoms with van der Waals surface area (Å²) in [5.74, 6) is -2.75. The molecule has 1 heterocycles. The lowest BCUT2D eigenvalue weighted by molar-refractivity contribution is -0.106. The summed E-state index contributed by atoms with van der Waals surface area (Å²) in [5.41, 5.74) is 1.28. The summed E-state index contributed by atoms with van der Waals surface area (Å²) in [7, 11) is -4.93. The maximum Gasteiger partial charge on any atom is 0.404 e. The average Bonchev–Trinajstić information content (AvgIpc) is 2.86. The summed E-state index contributed by atoms with van der Waals surface area (Å²) in [6.45, 7) is 1.88. The van der Waals surface area contributed by atoms with Gasteiger partial charge in [-0.25, -0.2) is 13.4 Å². The molecule has 0 fully saturated rings. The summed E-state index contributed by atoms with van der Waals surface area (Å²) >= 11 is 0. The number of nitrogens with one attached hydrogen (secondary N) is 2. The molecule has 2 N–H and O–H groups in total. The number of hydrogen-bond acceptors (Lipinski definition) is 4. The maximum atomic E-state index is 13.8. The van der Waals surface area contributed by atoms with Crippen LogP contribution >= 0.6 is 0 Å². The number of rotatable bonds is 8. The predicted molar refractivity (Wildman–Crippen MR) is 138 cm³/mol. The number of nitrogens with zero attached hydrogens (tertiary/aromatic N) is 1. The third-order valence-electron chi connectivity index (χ3n) is 5.69. The topological polar surface area (TPSA) is 88.2 Å². The van der Waals surface area contributed by atoms with Gasteiger partial charge in [0.25, 0.3) is 5.91 Å². The molecular weight excluding hydrogens is 503 g/mol. The van der Waals surface area contributed by atoms with Crippen molar-refractivity contribution < 1.29 is 26.4 Å². The first-order chi connectivity index (χ1) is 17.6. The Labute approximate surface area is 212 Å². The number of aromatic nitrogens is 1. The highest BCUT2D eigenvalue weighted by Crippen LogP contribution is 2.36. The number of sulfonamides is 1. The molecule has 1 atom stereocenters. The van der Waals surface area contributed by atoms with Crippen LogP contribution in [0.1, 0.15) is 35.3 Å². The summed E-state index contributed by atoms with van der Waals surface area (Å²) in [6, 6.07) is 23.7. The zero-order chi connectivity index (χ0) is 26.6. The molecule has 0 bridgehead atoms. The molecule has 3 aromatic carbocycles. The van der Waals surface area contributed by atoms with Gasteiger partial charge >= 0.3 is 6.18 Å². The molecule has 0 spiro atoms. The predicted octanol–water partition coefficient (Wildman–Crippen LogP) is 6.09. The molecule has 6 nitrogen and oxygen atoms in total. The molecular formula is C27H24F3N3O3S. The SMILES string of the molecule is CCC(NC(=O)c1c(NS(=O)(=O)CC(F)(F)F)c(-c2ccccc2)nc2ccccc12)c1ccccc1. The summed E-state index contributed by atoms with van der Waals surface area (Å²) < 4.78 is 66.5. The molecule has 0 aliphatic heterocycles. The molecule has 0 saturated carbocycles. The zero-order valence-electron chi connectivity index (χ0n) is 19.8. The van der Waals surface area contributed by atoms with E-state index in [1.807, 2.05) is 42.0 Å². The number of halogens is 3. The van der Waals surface area contributed by atoms with Crippen molar-refractivity contribution >= 4 is 32.5 Å². The fourth-order valence-electron chi connectivity index (χ4n) is 4.10. The van der Waals surface area contributed by atoms with Gasteiger partial charge in [0.2, 0.25) is 10.0 Å². The molecule has 4 rings (SSSR count). The van der Waals surface area contributed by atoms with Crippen LogP contribution in [0.4, 0.5) is 18.9 Å². The second-order valence-corrected chi connectivity index (χ2v) is 10.1. The number of pyridine rings is 1. The molecule has 10 heteroatoms. The smallest absolute Gasteiger partial charge is 0.345 e. The van der Waals surface area contributed by atoms with Crippen LogP contribution in [0.5, 0.6) is 0 Å². The van der Waals surface area contributed by atoms with Gasteiger partial charge in [-0.2, -0.15) is 13.2 Å². The van der Waals surface area contributed by atoms with Crippen LogP contribution in [0.15, 0.2) is 84.9 Å². The van der Waals surface area contributed by atoms with Crippen molar-refractivity contribution in [3.63, 3.8) is 0 Å².